The first-order valence-electron chi connectivity index (χ1n) is 9.23. The van der Waals surface area contributed by atoms with Crippen molar-refractivity contribution in [3.63, 3.8) is 0 Å². The van der Waals surface area contributed by atoms with Gasteiger partial charge in [-0.25, -0.2) is 0 Å². The number of hydrogen-bond donors (Lipinski definition) is 2. The molecule has 0 radical (unpaired) electrons. The lowest BCUT2D eigenvalue weighted by Crippen LogP contribution is -2.57. The fourth-order valence-corrected chi connectivity index (χ4v) is 6.81. The summed E-state index contributed by atoms with van der Waals surface area (Å²) >= 11 is 0. The molecule has 0 heterocycles. The number of hydrogen-bond acceptors (Lipinski definition) is 4. The topological polar surface area (TPSA) is 74.6 Å². The van der Waals surface area contributed by atoms with Crippen LogP contribution in [0.1, 0.15) is 58.3 Å². The Morgan fingerprint density at radius 3 is 2.70 bits per heavy atom. The van der Waals surface area contributed by atoms with Crippen molar-refractivity contribution in [1.29, 1.82) is 0 Å². The minimum atomic E-state index is -0.378. The number of fused-ring (bicyclic) bond motifs is 5. The molecule has 128 valence electrons. The molecular weight excluding hydrogens is 292 g/mol. The average Bonchev–Trinajstić information content (AvgIpc) is 2.86. The van der Waals surface area contributed by atoms with E-state index in [-0.39, 0.29) is 41.3 Å². The van der Waals surface area contributed by atoms with Gasteiger partial charge in [0.15, 0.2) is 0 Å². The number of Topliss-reactive ketones (excluding diaryl/α,β-unsaturated/α-hetero) is 2. The molecule has 0 unspecified atom stereocenters. The highest BCUT2D eigenvalue weighted by molar-refractivity contribution is 5.86. The zero-order chi connectivity index (χ0) is 16.4. The Labute approximate surface area is 137 Å². The van der Waals surface area contributed by atoms with E-state index < -0.39 is 0 Å². The molecule has 4 aliphatic rings. The summed E-state index contributed by atoms with van der Waals surface area (Å²) in [6, 6.07) is 0. The van der Waals surface area contributed by atoms with Crippen LogP contribution >= 0.6 is 0 Å². The normalized spacial score (nSPS) is 52.7. The standard InChI is InChI=1S/C19H28O4/c1-18-4-2-12(21)6-11(18)7-16(23)17-14(18)3-5-19(10-20)9-13(22)8-15(17)19/h11,13-15,17,20,22H,2-10H2,1H3/t11-,13+,14+,15+,17-,18+,19-/m1/s1. The quantitative estimate of drug-likeness (QED) is 0.776. The molecule has 0 aromatic carbocycles. The molecule has 23 heavy (non-hydrogen) atoms. The first kappa shape index (κ1) is 15.8. The molecule has 4 aliphatic carbocycles. The molecule has 4 nitrogen and oxygen atoms in total. The SMILES string of the molecule is C[C@]12CCC(=O)C[C@@H]1CC(=O)[C@H]1[C@@H]3C[C@H](O)C[C@@]3(CO)CC[C@@H]12. The lowest BCUT2D eigenvalue weighted by Gasteiger charge is -2.58. The van der Waals surface area contributed by atoms with Crippen LogP contribution in [0.4, 0.5) is 0 Å². The van der Waals surface area contributed by atoms with Crippen molar-refractivity contribution >= 4 is 11.6 Å². The van der Waals surface area contributed by atoms with E-state index >= 15 is 0 Å². The molecule has 4 heteroatoms. The lowest BCUT2D eigenvalue weighted by atomic mass is 9.45. The number of aliphatic hydroxyl groups is 2. The van der Waals surface area contributed by atoms with Crippen LogP contribution in [0.5, 0.6) is 0 Å². The van der Waals surface area contributed by atoms with Crippen molar-refractivity contribution in [2.24, 2.45) is 34.5 Å². The van der Waals surface area contributed by atoms with Gasteiger partial charge in [0, 0.05) is 31.8 Å². The minimum absolute atomic E-state index is 0.0116. The second kappa shape index (κ2) is 5.13. The van der Waals surface area contributed by atoms with Crippen molar-refractivity contribution in [2.75, 3.05) is 6.61 Å². The molecule has 7 atom stereocenters. The Morgan fingerprint density at radius 2 is 1.96 bits per heavy atom. The Morgan fingerprint density at radius 1 is 1.17 bits per heavy atom. The second-order valence-corrected chi connectivity index (χ2v) is 9.01. The predicted octanol–water partition coefficient (Wildman–Crippen LogP) is 2.11. The van der Waals surface area contributed by atoms with Gasteiger partial charge < -0.3 is 10.2 Å². The molecule has 0 aromatic heterocycles. The van der Waals surface area contributed by atoms with Crippen molar-refractivity contribution in [3.8, 4) is 0 Å². The van der Waals surface area contributed by atoms with Crippen LogP contribution in [0, 0.1) is 34.5 Å². The Hall–Kier alpha value is -0.740. The largest absolute Gasteiger partial charge is 0.396 e. The Bertz CT molecular complexity index is 543. The fraction of sp³-hybridized carbons (Fsp3) is 0.895. The van der Waals surface area contributed by atoms with Gasteiger partial charge in [-0.05, 0) is 60.7 Å². The summed E-state index contributed by atoms with van der Waals surface area (Å²) in [5.41, 5.74) is -0.161. The van der Waals surface area contributed by atoms with Crippen LogP contribution in [-0.4, -0.2) is 34.5 Å². The highest BCUT2D eigenvalue weighted by Gasteiger charge is 2.62. The van der Waals surface area contributed by atoms with Gasteiger partial charge in [0.05, 0.1) is 6.10 Å². The van der Waals surface area contributed by atoms with Gasteiger partial charge in [0.2, 0.25) is 0 Å². The molecule has 0 saturated heterocycles. The lowest BCUT2D eigenvalue weighted by molar-refractivity contribution is -0.159. The zero-order valence-corrected chi connectivity index (χ0v) is 14.0. The molecule has 0 aromatic rings. The predicted molar refractivity (Wildman–Crippen MR) is 84.5 cm³/mol. The molecule has 4 saturated carbocycles. The third-order valence-electron chi connectivity index (χ3n) is 8.11. The number of carbonyl (C=O) groups excluding carboxylic acids is 2. The van der Waals surface area contributed by atoms with Crippen molar-refractivity contribution in [1.82, 2.24) is 0 Å². The third-order valence-corrected chi connectivity index (χ3v) is 8.11. The van der Waals surface area contributed by atoms with Crippen LogP contribution in [0.15, 0.2) is 0 Å². The van der Waals surface area contributed by atoms with Crippen LogP contribution in [0.3, 0.4) is 0 Å². The number of ketones is 2. The maximum Gasteiger partial charge on any atom is 0.136 e. The molecule has 0 bridgehead atoms. The molecule has 0 aliphatic heterocycles. The van der Waals surface area contributed by atoms with Crippen LogP contribution in [0.25, 0.3) is 0 Å². The van der Waals surface area contributed by atoms with Gasteiger partial charge in [-0.1, -0.05) is 6.92 Å². The van der Waals surface area contributed by atoms with Crippen LogP contribution in [-0.2, 0) is 9.59 Å². The molecular formula is C19H28O4. The summed E-state index contributed by atoms with van der Waals surface area (Å²) in [5.74, 6) is 1.27. The molecule has 0 spiro atoms. The highest BCUT2D eigenvalue weighted by Crippen LogP contribution is 2.65. The smallest absolute Gasteiger partial charge is 0.136 e. The number of carbonyl (C=O) groups is 2. The fourth-order valence-electron chi connectivity index (χ4n) is 6.81. The van der Waals surface area contributed by atoms with Crippen molar-refractivity contribution in [3.05, 3.63) is 0 Å². The number of aliphatic hydroxyl groups excluding tert-OH is 2. The second-order valence-electron chi connectivity index (χ2n) is 9.01. The van der Waals surface area contributed by atoms with Gasteiger partial charge in [-0.3, -0.25) is 9.59 Å². The average molecular weight is 320 g/mol. The third kappa shape index (κ3) is 2.10. The van der Waals surface area contributed by atoms with E-state index in [2.05, 4.69) is 6.92 Å². The maximum absolute atomic E-state index is 13.0. The van der Waals surface area contributed by atoms with Crippen LogP contribution in [0.2, 0.25) is 0 Å². The van der Waals surface area contributed by atoms with Crippen molar-refractivity contribution < 1.29 is 19.8 Å². The Balaban J connectivity index is 1.70. The van der Waals surface area contributed by atoms with E-state index in [1.807, 2.05) is 0 Å². The van der Waals surface area contributed by atoms with E-state index in [4.69, 9.17) is 0 Å². The summed E-state index contributed by atoms with van der Waals surface area (Å²) in [7, 11) is 0. The summed E-state index contributed by atoms with van der Waals surface area (Å²) in [6.45, 7) is 2.38. The molecule has 0 amide bonds. The molecule has 4 fully saturated rings. The first-order chi connectivity index (χ1) is 10.9. The minimum Gasteiger partial charge on any atom is -0.396 e. The van der Waals surface area contributed by atoms with E-state index in [0.717, 1.165) is 19.3 Å². The monoisotopic (exact) mass is 320 g/mol. The van der Waals surface area contributed by atoms with Crippen molar-refractivity contribution in [2.45, 2.75) is 64.4 Å². The summed E-state index contributed by atoms with van der Waals surface area (Å²) in [4.78, 5) is 24.8. The van der Waals surface area contributed by atoms with Gasteiger partial charge in [0.25, 0.3) is 0 Å². The van der Waals surface area contributed by atoms with E-state index in [1.54, 1.807) is 0 Å². The zero-order valence-electron chi connectivity index (χ0n) is 14.0. The van der Waals surface area contributed by atoms with E-state index in [1.165, 1.54) is 0 Å². The molecule has 2 N–H and O–H groups in total. The summed E-state index contributed by atoms with van der Waals surface area (Å²) < 4.78 is 0. The Kier molecular flexibility index (Phi) is 3.51. The van der Waals surface area contributed by atoms with E-state index in [0.29, 0.717) is 49.6 Å². The van der Waals surface area contributed by atoms with E-state index in [9.17, 15) is 19.8 Å². The maximum atomic E-state index is 13.0. The van der Waals surface area contributed by atoms with Gasteiger partial charge in [-0.15, -0.1) is 0 Å². The highest BCUT2D eigenvalue weighted by atomic mass is 16.3. The summed E-state index contributed by atoms with van der Waals surface area (Å²) in [6.07, 6.45) is 5.46. The summed E-state index contributed by atoms with van der Waals surface area (Å²) in [5, 5.41) is 20.2. The van der Waals surface area contributed by atoms with Gasteiger partial charge in [0.1, 0.15) is 11.6 Å². The number of rotatable bonds is 1. The van der Waals surface area contributed by atoms with Gasteiger partial charge in [-0.2, -0.15) is 0 Å². The first-order valence-corrected chi connectivity index (χ1v) is 9.23. The van der Waals surface area contributed by atoms with Gasteiger partial charge >= 0.3 is 0 Å². The molecule has 4 rings (SSSR count). The van der Waals surface area contributed by atoms with Crippen LogP contribution < -0.4 is 0 Å².